The zero-order valence-electron chi connectivity index (χ0n) is 14.4. The maximum atomic E-state index is 5.79. The minimum atomic E-state index is 0. The van der Waals surface area contributed by atoms with Crippen molar-refractivity contribution in [2.75, 3.05) is 26.2 Å². The summed E-state index contributed by atoms with van der Waals surface area (Å²) < 4.78 is 5.79. The molecule has 2 fully saturated rings. The Hall–Kier alpha value is -1.14. The van der Waals surface area contributed by atoms with E-state index in [1.54, 1.807) is 11.3 Å². The lowest BCUT2D eigenvalue weighted by Gasteiger charge is -2.33. The van der Waals surface area contributed by atoms with E-state index < -0.39 is 0 Å². The minimum Gasteiger partial charge on any atom is -0.486 e. The van der Waals surface area contributed by atoms with E-state index in [2.05, 4.69) is 15.6 Å². The van der Waals surface area contributed by atoms with Gasteiger partial charge in [0.2, 0.25) is 0 Å². The van der Waals surface area contributed by atoms with Crippen LogP contribution < -0.4 is 10.1 Å². The molecule has 0 unspecified atom stereocenters. The Labute approximate surface area is 160 Å². The molecule has 2 aliphatic rings. The van der Waals surface area contributed by atoms with Crippen LogP contribution in [0.25, 0.3) is 0 Å². The highest BCUT2D eigenvalue weighted by Gasteiger charge is 2.38. The van der Waals surface area contributed by atoms with Gasteiger partial charge in [-0.2, -0.15) is 0 Å². The highest BCUT2D eigenvalue weighted by Crippen LogP contribution is 2.39. The number of thiazole rings is 1. The van der Waals surface area contributed by atoms with Gasteiger partial charge in [-0.1, -0.05) is 18.2 Å². The topological polar surface area (TPSA) is 37.4 Å². The monoisotopic (exact) mass is 379 g/mol. The van der Waals surface area contributed by atoms with E-state index in [9.17, 15) is 0 Å². The van der Waals surface area contributed by atoms with Gasteiger partial charge in [0.1, 0.15) is 17.4 Å². The van der Waals surface area contributed by atoms with Crippen LogP contribution in [0, 0.1) is 5.41 Å². The molecule has 2 saturated heterocycles. The molecule has 4 nitrogen and oxygen atoms in total. The van der Waals surface area contributed by atoms with Crippen LogP contribution in [0.2, 0.25) is 0 Å². The molecule has 25 heavy (non-hydrogen) atoms. The first-order valence-corrected chi connectivity index (χ1v) is 9.74. The molecule has 0 saturated carbocycles. The van der Waals surface area contributed by atoms with E-state index in [0.29, 0.717) is 12.0 Å². The number of piperidine rings is 1. The molecule has 1 spiro atoms. The molecule has 0 atom stereocenters. The van der Waals surface area contributed by atoms with Crippen molar-refractivity contribution in [3.8, 4) is 5.75 Å². The molecular weight excluding hydrogens is 354 g/mol. The zero-order chi connectivity index (χ0) is 16.2. The number of para-hydroxylation sites is 1. The van der Waals surface area contributed by atoms with Gasteiger partial charge in [0, 0.05) is 18.5 Å². The lowest BCUT2D eigenvalue weighted by molar-refractivity contribution is 0.193. The number of hydrogen-bond acceptors (Lipinski definition) is 5. The van der Waals surface area contributed by atoms with Crippen molar-refractivity contribution in [3.05, 3.63) is 46.4 Å². The fourth-order valence-electron chi connectivity index (χ4n) is 3.91. The van der Waals surface area contributed by atoms with Gasteiger partial charge < -0.3 is 10.1 Å². The lowest BCUT2D eigenvalue weighted by Crippen LogP contribution is -2.38. The third-order valence-corrected chi connectivity index (χ3v) is 6.14. The molecular formula is C19H26ClN3OS. The summed E-state index contributed by atoms with van der Waals surface area (Å²) >= 11 is 1.71. The molecule has 0 amide bonds. The van der Waals surface area contributed by atoms with E-state index in [-0.39, 0.29) is 12.4 Å². The van der Waals surface area contributed by atoms with Crippen LogP contribution in [0.15, 0.2) is 35.7 Å². The quantitative estimate of drug-likeness (QED) is 0.859. The van der Waals surface area contributed by atoms with Gasteiger partial charge in [-0.15, -0.1) is 23.7 Å². The second kappa shape index (κ2) is 8.49. The van der Waals surface area contributed by atoms with Gasteiger partial charge in [0.05, 0.1) is 5.69 Å². The van der Waals surface area contributed by atoms with Crippen molar-refractivity contribution in [1.29, 1.82) is 0 Å². The van der Waals surface area contributed by atoms with Crippen molar-refractivity contribution >= 4 is 23.7 Å². The summed E-state index contributed by atoms with van der Waals surface area (Å²) in [6, 6.07) is 9.95. The first-order chi connectivity index (χ1) is 11.8. The summed E-state index contributed by atoms with van der Waals surface area (Å²) in [5, 5.41) is 6.74. The van der Waals surface area contributed by atoms with Gasteiger partial charge in [-0.25, -0.2) is 4.98 Å². The standard InChI is InChI=1S/C19H25N3OS.ClH/c1-2-4-17(5-3-1)23-13-18-21-16(14-24-18)12-22-11-8-19(15-22)6-9-20-10-7-19;/h1-5,14,20H,6-13,15H2;1H. The van der Waals surface area contributed by atoms with Gasteiger partial charge in [0.15, 0.2) is 0 Å². The number of aromatic nitrogens is 1. The molecule has 0 bridgehead atoms. The Morgan fingerprint density at radius 3 is 2.76 bits per heavy atom. The largest absolute Gasteiger partial charge is 0.486 e. The van der Waals surface area contributed by atoms with Crippen molar-refractivity contribution in [2.45, 2.75) is 32.4 Å². The van der Waals surface area contributed by atoms with Crippen LogP contribution in [-0.2, 0) is 13.2 Å². The van der Waals surface area contributed by atoms with Crippen LogP contribution in [0.1, 0.15) is 30.0 Å². The fourth-order valence-corrected chi connectivity index (χ4v) is 4.60. The number of rotatable bonds is 5. The molecule has 1 aromatic heterocycles. The molecule has 1 aromatic carbocycles. The van der Waals surface area contributed by atoms with Crippen LogP contribution in [0.5, 0.6) is 5.75 Å². The van der Waals surface area contributed by atoms with Crippen molar-refractivity contribution in [2.24, 2.45) is 5.41 Å². The SMILES string of the molecule is Cl.c1ccc(OCc2nc(CN3CCC4(CCNCC4)C3)cs2)cc1. The number of halogens is 1. The Morgan fingerprint density at radius 1 is 1.16 bits per heavy atom. The summed E-state index contributed by atoms with van der Waals surface area (Å²) in [5.41, 5.74) is 1.76. The number of ether oxygens (including phenoxy) is 1. The Balaban J connectivity index is 0.00000182. The summed E-state index contributed by atoms with van der Waals surface area (Å²) in [6.45, 7) is 6.37. The molecule has 0 radical (unpaired) electrons. The minimum absolute atomic E-state index is 0. The second-order valence-electron chi connectivity index (χ2n) is 7.04. The first-order valence-electron chi connectivity index (χ1n) is 8.86. The molecule has 136 valence electrons. The van der Waals surface area contributed by atoms with Crippen molar-refractivity contribution in [3.63, 3.8) is 0 Å². The summed E-state index contributed by atoms with van der Waals surface area (Å²) in [7, 11) is 0. The van der Waals surface area contributed by atoms with Crippen LogP contribution >= 0.6 is 23.7 Å². The Bertz CT molecular complexity index is 658. The highest BCUT2D eigenvalue weighted by molar-refractivity contribution is 7.09. The third kappa shape index (κ3) is 4.73. The molecule has 4 rings (SSSR count). The smallest absolute Gasteiger partial charge is 0.140 e. The molecule has 6 heteroatoms. The predicted octanol–water partition coefficient (Wildman–Crippen LogP) is 3.72. The number of nitrogens with one attached hydrogen (secondary N) is 1. The average molecular weight is 380 g/mol. The predicted molar refractivity (Wildman–Crippen MR) is 105 cm³/mol. The van der Waals surface area contributed by atoms with Gasteiger partial charge in [-0.3, -0.25) is 4.90 Å². The van der Waals surface area contributed by atoms with Gasteiger partial charge in [0.25, 0.3) is 0 Å². The normalized spacial score (nSPS) is 19.7. The summed E-state index contributed by atoms with van der Waals surface area (Å²) in [6.07, 6.45) is 4.01. The molecule has 2 aliphatic heterocycles. The summed E-state index contributed by atoms with van der Waals surface area (Å²) in [5.74, 6) is 0.904. The Kier molecular flexibility index (Phi) is 6.34. The zero-order valence-corrected chi connectivity index (χ0v) is 16.1. The summed E-state index contributed by atoms with van der Waals surface area (Å²) in [4.78, 5) is 7.35. The van der Waals surface area contributed by atoms with E-state index in [1.807, 2.05) is 30.3 Å². The van der Waals surface area contributed by atoms with E-state index in [1.165, 1.54) is 51.1 Å². The molecule has 2 aromatic rings. The second-order valence-corrected chi connectivity index (χ2v) is 7.99. The highest BCUT2D eigenvalue weighted by atomic mass is 35.5. The van der Waals surface area contributed by atoms with E-state index in [0.717, 1.165) is 17.3 Å². The van der Waals surface area contributed by atoms with Crippen LogP contribution in [0.3, 0.4) is 0 Å². The maximum absolute atomic E-state index is 5.79. The maximum Gasteiger partial charge on any atom is 0.140 e. The van der Waals surface area contributed by atoms with Crippen LogP contribution in [-0.4, -0.2) is 36.1 Å². The number of benzene rings is 1. The van der Waals surface area contributed by atoms with E-state index >= 15 is 0 Å². The fraction of sp³-hybridized carbons (Fsp3) is 0.526. The number of likely N-dealkylation sites (tertiary alicyclic amines) is 1. The first kappa shape index (κ1) is 18.6. The number of hydrogen-bond donors (Lipinski definition) is 1. The average Bonchev–Trinajstić information content (AvgIpc) is 3.22. The van der Waals surface area contributed by atoms with Gasteiger partial charge >= 0.3 is 0 Å². The van der Waals surface area contributed by atoms with Crippen molar-refractivity contribution < 1.29 is 4.74 Å². The third-order valence-electron chi connectivity index (χ3n) is 5.27. The lowest BCUT2D eigenvalue weighted by atomic mass is 9.78. The van der Waals surface area contributed by atoms with Crippen molar-refractivity contribution in [1.82, 2.24) is 15.2 Å². The molecule has 1 N–H and O–H groups in total. The molecule has 3 heterocycles. The number of nitrogens with zero attached hydrogens (tertiary/aromatic N) is 2. The van der Waals surface area contributed by atoms with Gasteiger partial charge in [-0.05, 0) is 56.4 Å². The van der Waals surface area contributed by atoms with E-state index in [4.69, 9.17) is 9.72 Å². The Morgan fingerprint density at radius 2 is 1.96 bits per heavy atom. The molecule has 0 aliphatic carbocycles. The van der Waals surface area contributed by atoms with Crippen LogP contribution in [0.4, 0.5) is 0 Å².